The van der Waals surface area contributed by atoms with Crippen LogP contribution in [0.5, 0.6) is 0 Å². The first-order valence-electron chi connectivity index (χ1n) is 4.82. The molecule has 0 spiro atoms. The van der Waals surface area contributed by atoms with E-state index in [1.165, 1.54) is 0 Å². The van der Waals surface area contributed by atoms with Crippen LogP contribution in [0.25, 0.3) is 23.0 Å². The highest BCUT2D eigenvalue weighted by atomic mass is 35.5. The highest BCUT2D eigenvalue weighted by Crippen LogP contribution is 2.22. The average molecular weight is 248 g/mol. The van der Waals surface area contributed by atoms with E-state index in [0.29, 0.717) is 28.2 Å². The van der Waals surface area contributed by atoms with Crippen molar-refractivity contribution in [2.24, 2.45) is 0 Å². The second-order valence-corrected chi connectivity index (χ2v) is 3.66. The molecule has 3 aromatic heterocycles. The van der Waals surface area contributed by atoms with Gasteiger partial charge in [-0.25, -0.2) is 4.98 Å². The van der Waals surface area contributed by atoms with Gasteiger partial charge >= 0.3 is 0 Å². The maximum atomic E-state index is 5.69. The van der Waals surface area contributed by atoms with Crippen molar-refractivity contribution >= 4 is 11.6 Å². The second kappa shape index (κ2) is 4.03. The smallest absolute Gasteiger partial charge is 0.259 e. The summed E-state index contributed by atoms with van der Waals surface area (Å²) in [7, 11) is 0. The van der Waals surface area contributed by atoms with Crippen molar-refractivity contribution < 1.29 is 8.94 Å². The van der Waals surface area contributed by atoms with Gasteiger partial charge in [-0.15, -0.1) is 0 Å². The fourth-order valence-electron chi connectivity index (χ4n) is 1.35. The zero-order valence-corrected chi connectivity index (χ0v) is 9.26. The first kappa shape index (κ1) is 10.0. The van der Waals surface area contributed by atoms with E-state index in [1.807, 2.05) is 0 Å². The van der Waals surface area contributed by atoms with Crippen LogP contribution in [0.4, 0.5) is 0 Å². The summed E-state index contributed by atoms with van der Waals surface area (Å²) < 4.78 is 10.3. The fourth-order valence-corrected chi connectivity index (χ4v) is 1.46. The molecule has 0 fully saturated rings. The Balaban J connectivity index is 1.98. The number of rotatable bonds is 2. The first-order valence-corrected chi connectivity index (χ1v) is 5.20. The topological polar surface area (TPSA) is 65.0 Å². The Morgan fingerprint density at radius 1 is 1.18 bits per heavy atom. The molecule has 0 saturated heterocycles. The first-order chi connectivity index (χ1) is 8.33. The van der Waals surface area contributed by atoms with Crippen LogP contribution in [0.3, 0.4) is 0 Å². The summed E-state index contributed by atoms with van der Waals surface area (Å²) in [5.74, 6) is 1.34. The third kappa shape index (κ3) is 1.92. The summed E-state index contributed by atoms with van der Waals surface area (Å²) in [6.45, 7) is 0. The van der Waals surface area contributed by atoms with E-state index < -0.39 is 0 Å². The summed E-state index contributed by atoms with van der Waals surface area (Å²) in [4.78, 5) is 8.14. The van der Waals surface area contributed by atoms with Gasteiger partial charge in [0.25, 0.3) is 5.89 Å². The fraction of sp³-hybridized carbons (Fsp3) is 0. The van der Waals surface area contributed by atoms with Gasteiger partial charge in [0.15, 0.2) is 5.76 Å². The molecule has 0 aliphatic carbocycles. The summed E-state index contributed by atoms with van der Waals surface area (Å²) in [6, 6.07) is 6.94. The molecule has 0 saturated carbocycles. The highest BCUT2D eigenvalue weighted by Gasteiger charge is 2.12. The lowest BCUT2D eigenvalue weighted by Gasteiger charge is -1.92. The van der Waals surface area contributed by atoms with Crippen LogP contribution in [0.15, 0.2) is 45.7 Å². The van der Waals surface area contributed by atoms with Gasteiger partial charge in [-0.3, -0.25) is 0 Å². The number of pyridine rings is 1. The molecule has 84 valence electrons. The maximum Gasteiger partial charge on any atom is 0.259 e. The van der Waals surface area contributed by atoms with Gasteiger partial charge in [0.1, 0.15) is 5.15 Å². The maximum absolute atomic E-state index is 5.69. The van der Waals surface area contributed by atoms with Crippen LogP contribution in [-0.2, 0) is 0 Å². The number of nitrogens with zero attached hydrogens (tertiary/aromatic N) is 3. The molecule has 3 rings (SSSR count). The number of hydrogen-bond donors (Lipinski definition) is 0. The van der Waals surface area contributed by atoms with Crippen LogP contribution in [0, 0.1) is 0 Å². The Bertz CT molecular complexity index is 616. The third-order valence-corrected chi connectivity index (χ3v) is 2.37. The Kier molecular flexibility index (Phi) is 2.38. The zero-order chi connectivity index (χ0) is 11.7. The molecule has 0 unspecified atom stereocenters. The van der Waals surface area contributed by atoms with E-state index in [9.17, 15) is 0 Å². The number of halogens is 1. The van der Waals surface area contributed by atoms with Gasteiger partial charge in [0, 0.05) is 6.20 Å². The number of furan rings is 1. The van der Waals surface area contributed by atoms with Gasteiger partial charge in [-0.1, -0.05) is 16.8 Å². The Morgan fingerprint density at radius 2 is 2.12 bits per heavy atom. The molecule has 3 heterocycles. The van der Waals surface area contributed by atoms with Crippen LogP contribution >= 0.6 is 11.6 Å². The predicted molar refractivity (Wildman–Crippen MR) is 60.2 cm³/mol. The van der Waals surface area contributed by atoms with Crippen LogP contribution < -0.4 is 0 Å². The van der Waals surface area contributed by atoms with Crippen molar-refractivity contribution in [2.45, 2.75) is 0 Å². The standard InChI is InChI=1S/C11H6ClN3O2/c12-9-4-3-7(6-13-9)11-14-10(15-17-11)8-2-1-5-16-8/h1-6H. The molecule has 0 aliphatic heterocycles. The predicted octanol–water partition coefficient (Wildman–Crippen LogP) is 3.05. The summed E-state index contributed by atoms with van der Waals surface area (Å²) in [5.41, 5.74) is 0.708. The Morgan fingerprint density at radius 3 is 2.82 bits per heavy atom. The molecule has 6 heteroatoms. The van der Waals surface area contributed by atoms with Crippen LogP contribution in [0.1, 0.15) is 0 Å². The average Bonchev–Trinajstić information content (AvgIpc) is 3.00. The molecule has 0 N–H and O–H groups in total. The van der Waals surface area contributed by atoms with Crippen molar-refractivity contribution in [1.29, 1.82) is 0 Å². The minimum atomic E-state index is 0.376. The molecule has 0 bridgehead atoms. The molecular formula is C11H6ClN3O2. The highest BCUT2D eigenvalue weighted by molar-refractivity contribution is 6.29. The lowest BCUT2D eigenvalue weighted by atomic mass is 10.3. The van der Waals surface area contributed by atoms with E-state index >= 15 is 0 Å². The molecule has 0 aliphatic rings. The molecule has 3 aromatic rings. The largest absolute Gasteiger partial charge is 0.461 e. The Labute approximate surface area is 101 Å². The summed E-state index contributed by atoms with van der Waals surface area (Å²) >= 11 is 5.69. The normalized spacial score (nSPS) is 10.6. The van der Waals surface area contributed by atoms with Gasteiger partial charge in [0.2, 0.25) is 5.82 Å². The van der Waals surface area contributed by atoms with Gasteiger partial charge in [-0.05, 0) is 24.3 Å². The monoisotopic (exact) mass is 247 g/mol. The summed E-state index contributed by atoms with van der Waals surface area (Å²) in [6.07, 6.45) is 3.12. The minimum Gasteiger partial charge on any atom is -0.461 e. The van der Waals surface area contributed by atoms with Crippen LogP contribution in [-0.4, -0.2) is 15.1 Å². The van der Waals surface area contributed by atoms with Crippen molar-refractivity contribution in [3.05, 3.63) is 41.9 Å². The molecular weight excluding hydrogens is 242 g/mol. The minimum absolute atomic E-state index is 0.376. The van der Waals surface area contributed by atoms with Gasteiger partial charge in [-0.2, -0.15) is 4.98 Å². The van der Waals surface area contributed by atoms with E-state index in [1.54, 1.807) is 36.7 Å². The molecule has 0 amide bonds. The zero-order valence-electron chi connectivity index (χ0n) is 8.50. The molecule has 0 radical (unpaired) electrons. The number of hydrogen-bond acceptors (Lipinski definition) is 5. The number of aromatic nitrogens is 3. The van der Waals surface area contributed by atoms with Crippen LogP contribution in [0.2, 0.25) is 5.15 Å². The van der Waals surface area contributed by atoms with Gasteiger partial charge < -0.3 is 8.94 Å². The van der Waals surface area contributed by atoms with Crippen molar-refractivity contribution in [1.82, 2.24) is 15.1 Å². The van der Waals surface area contributed by atoms with E-state index in [0.717, 1.165) is 0 Å². The quantitative estimate of drug-likeness (QED) is 0.651. The lowest BCUT2D eigenvalue weighted by molar-refractivity contribution is 0.429. The van der Waals surface area contributed by atoms with Crippen molar-refractivity contribution in [3.63, 3.8) is 0 Å². The third-order valence-electron chi connectivity index (χ3n) is 2.14. The van der Waals surface area contributed by atoms with Crippen molar-refractivity contribution in [3.8, 4) is 23.0 Å². The molecule has 17 heavy (non-hydrogen) atoms. The van der Waals surface area contributed by atoms with E-state index in [4.69, 9.17) is 20.5 Å². The van der Waals surface area contributed by atoms with E-state index in [2.05, 4.69) is 15.1 Å². The summed E-state index contributed by atoms with van der Waals surface area (Å²) in [5, 5.41) is 4.23. The molecule has 5 nitrogen and oxygen atoms in total. The van der Waals surface area contributed by atoms with E-state index in [-0.39, 0.29) is 0 Å². The van der Waals surface area contributed by atoms with Gasteiger partial charge in [0.05, 0.1) is 11.8 Å². The lowest BCUT2D eigenvalue weighted by Crippen LogP contribution is -1.81. The van der Waals surface area contributed by atoms with Crippen molar-refractivity contribution in [2.75, 3.05) is 0 Å². The Hall–Kier alpha value is -2.14. The molecule has 0 aromatic carbocycles. The second-order valence-electron chi connectivity index (χ2n) is 3.27. The SMILES string of the molecule is Clc1ccc(-c2nc(-c3ccco3)no2)cn1. The molecule has 0 atom stereocenters.